The Bertz CT molecular complexity index is 684. The van der Waals surface area contributed by atoms with Gasteiger partial charge in [0.2, 0.25) is 0 Å². The molecule has 0 saturated heterocycles. The monoisotopic (exact) mass is 253 g/mol. The predicted octanol–water partition coefficient (Wildman–Crippen LogP) is 1.92. The lowest BCUT2D eigenvalue weighted by atomic mass is 10.1. The summed E-state index contributed by atoms with van der Waals surface area (Å²) in [6.45, 7) is 3.76. The van der Waals surface area contributed by atoms with E-state index < -0.39 is 0 Å². The third-order valence-corrected chi connectivity index (χ3v) is 3.06. The van der Waals surface area contributed by atoms with Crippen molar-refractivity contribution in [1.29, 1.82) is 0 Å². The van der Waals surface area contributed by atoms with Gasteiger partial charge in [0, 0.05) is 29.7 Å². The molecule has 0 aliphatic rings. The molecule has 0 aliphatic heterocycles. The highest BCUT2D eigenvalue weighted by Crippen LogP contribution is 2.21. The number of nitrogens with one attached hydrogen (secondary N) is 1. The first-order valence-corrected chi connectivity index (χ1v) is 6.33. The summed E-state index contributed by atoms with van der Waals surface area (Å²) in [5.74, 6) is 0. The second-order valence-corrected chi connectivity index (χ2v) is 4.29. The Hall–Kier alpha value is -2.27. The molecule has 2 aromatic heterocycles. The Labute approximate surface area is 111 Å². The molecule has 3 aromatic rings. The minimum atomic E-state index is 0.755. The lowest BCUT2D eigenvalue weighted by molar-refractivity contribution is 0.674. The fourth-order valence-electron chi connectivity index (χ4n) is 2.12. The Balaban J connectivity index is 2.12. The average molecular weight is 253 g/mol. The maximum atomic E-state index is 4.20. The molecule has 1 N–H and O–H groups in total. The third kappa shape index (κ3) is 2.20. The average Bonchev–Trinajstić information content (AvgIpc) is 2.92. The summed E-state index contributed by atoms with van der Waals surface area (Å²) in [5.41, 5.74) is 2.08. The van der Waals surface area contributed by atoms with Crippen LogP contribution < -0.4 is 5.32 Å². The van der Waals surface area contributed by atoms with E-state index in [1.54, 1.807) is 12.4 Å². The van der Waals surface area contributed by atoms with E-state index in [1.807, 2.05) is 35.1 Å². The molecule has 96 valence electrons. The largest absolute Gasteiger partial charge is 0.311 e. The summed E-state index contributed by atoms with van der Waals surface area (Å²) in [7, 11) is 0. The molecule has 0 amide bonds. The number of pyridine rings is 1. The second-order valence-electron chi connectivity index (χ2n) is 4.29. The van der Waals surface area contributed by atoms with Crippen molar-refractivity contribution >= 4 is 10.8 Å². The molecule has 0 aliphatic carbocycles. The van der Waals surface area contributed by atoms with Gasteiger partial charge in [0.1, 0.15) is 0 Å². The zero-order chi connectivity index (χ0) is 13.1. The molecular weight excluding hydrogens is 238 g/mol. The molecule has 2 heterocycles. The van der Waals surface area contributed by atoms with Crippen LogP contribution in [0.1, 0.15) is 12.6 Å². The number of hydrogen-bond acceptors (Lipinski definition) is 4. The van der Waals surface area contributed by atoms with Crippen LogP contribution in [0.15, 0.2) is 42.9 Å². The minimum absolute atomic E-state index is 0.755. The molecule has 5 heteroatoms. The Morgan fingerprint density at radius 1 is 1.21 bits per heavy atom. The van der Waals surface area contributed by atoms with E-state index in [1.165, 1.54) is 0 Å². The van der Waals surface area contributed by atoms with Crippen molar-refractivity contribution in [2.24, 2.45) is 0 Å². The third-order valence-electron chi connectivity index (χ3n) is 3.06. The molecule has 0 spiro atoms. The van der Waals surface area contributed by atoms with Crippen LogP contribution in [0.5, 0.6) is 0 Å². The normalized spacial score (nSPS) is 11.0. The SMILES string of the molecule is CCNCc1cnnn1-c1cccc2cnccc12. The molecule has 5 nitrogen and oxygen atoms in total. The summed E-state index contributed by atoms with van der Waals surface area (Å²) in [6.07, 6.45) is 5.45. The van der Waals surface area contributed by atoms with Gasteiger partial charge in [0.05, 0.1) is 17.6 Å². The molecule has 0 saturated carbocycles. The standard InChI is InChI=1S/C14H15N5/c1-2-15-9-12-10-17-18-19(12)14-5-3-4-11-8-16-7-6-13(11)14/h3-8,10,15H,2,9H2,1H3. The van der Waals surface area contributed by atoms with Crippen molar-refractivity contribution in [3.8, 4) is 5.69 Å². The quantitative estimate of drug-likeness (QED) is 0.772. The fraction of sp³-hybridized carbons (Fsp3) is 0.214. The summed E-state index contributed by atoms with van der Waals surface area (Å²) in [6, 6.07) is 8.11. The molecule has 19 heavy (non-hydrogen) atoms. The molecule has 0 fully saturated rings. The molecule has 0 bridgehead atoms. The summed E-state index contributed by atoms with van der Waals surface area (Å²) < 4.78 is 1.88. The number of fused-ring (bicyclic) bond motifs is 1. The van der Waals surface area contributed by atoms with Gasteiger partial charge in [-0.3, -0.25) is 4.98 Å². The van der Waals surface area contributed by atoms with Crippen LogP contribution >= 0.6 is 0 Å². The van der Waals surface area contributed by atoms with Crippen LogP contribution in [0, 0.1) is 0 Å². The molecule has 3 rings (SSSR count). The Morgan fingerprint density at radius 3 is 3.05 bits per heavy atom. The van der Waals surface area contributed by atoms with Crippen molar-refractivity contribution in [2.75, 3.05) is 6.54 Å². The van der Waals surface area contributed by atoms with Gasteiger partial charge in [-0.25, -0.2) is 4.68 Å². The van der Waals surface area contributed by atoms with Gasteiger partial charge in [-0.05, 0) is 18.7 Å². The number of nitrogens with zero attached hydrogens (tertiary/aromatic N) is 4. The molecule has 0 atom stereocenters. The zero-order valence-corrected chi connectivity index (χ0v) is 10.7. The number of hydrogen-bond donors (Lipinski definition) is 1. The van der Waals surface area contributed by atoms with E-state index in [0.717, 1.165) is 35.2 Å². The topological polar surface area (TPSA) is 55.6 Å². The molecule has 1 aromatic carbocycles. The van der Waals surface area contributed by atoms with Crippen LogP contribution in [0.2, 0.25) is 0 Å². The summed E-state index contributed by atoms with van der Waals surface area (Å²) in [4.78, 5) is 4.15. The Morgan fingerprint density at radius 2 is 2.16 bits per heavy atom. The summed E-state index contributed by atoms with van der Waals surface area (Å²) >= 11 is 0. The predicted molar refractivity (Wildman–Crippen MR) is 74.0 cm³/mol. The molecule has 0 unspecified atom stereocenters. The van der Waals surface area contributed by atoms with Gasteiger partial charge in [0.25, 0.3) is 0 Å². The van der Waals surface area contributed by atoms with E-state index in [4.69, 9.17) is 0 Å². The smallest absolute Gasteiger partial charge is 0.0783 e. The van der Waals surface area contributed by atoms with E-state index in [0.29, 0.717) is 0 Å². The maximum absolute atomic E-state index is 4.20. The highest BCUT2D eigenvalue weighted by molar-refractivity contribution is 5.89. The summed E-state index contributed by atoms with van der Waals surface area (Å²) in [5, 5.41) is 13.7. The number of rotatable bonds is 4. The maximum Gasteiger partial charge on any atom is 0.0783 e. The lowest BCUT2D eigenvalue weighted by Gasteiger charge is -2.09. The van der Waals surface area contributed by atoms with Gasteiger partial charge in [-0.15, -0.1) is 5.10 Å². The van der Waals surface area contributed by atoms with Gasteiger partial charge >= 0.3 is 0 Å². The van der Waals surface area contributed by atoms with E-state index in [9.17, 15) is 0 Å². The van der Waals surface area contributed by atoms with Crippen molar-refractivity contribution < 1.29 is 0 Å². The first-order chi connectivity index (χ1) is 9.40. The van der Waals surface area contributed by atoms with Crippen molar-refractivity contribution in [3.63, 3.8) is 0 Å². The highest BCUT2D eigenvalue weighted by atomic mass is 15.4. The second kappa shape index (κ2) is 5.16. The number of benzene rings is 1. The zero-order valence-electron chi connectivity index (χ0n) is 10.7. The van der Waals surface area contributed by atoms with Crippen LogP contribution in [0.25, 0.3) is 16.5 Å². The molecular formula is C14H15N5. The van der Waals surface area contributed by atoms with Crippen molar-refractivity contribution in [3.05, 3.63) is 48.5 Å². The van der Waals surface area contributed by atoms with Crippen LogP contribution in [-0.4, -0.2) is 26.5 Å². The van der Waals surface area contributed by atoms with E-state index in [-0.39, 0.29) is 0 Å². The van der Waals surface area contributed by atoms with Crippen LogP contribution in [-0.2, 0) is 6.54 Å². The van der Waals surface area contributed by atoms with E-state index >= 15 is 0 Å². The highest BCUT2D eigenvalue weighted by Gasteiger charge is 2.08. The van der Waals surface area contributed by atoms with Gasteiger partial charge in [-0.2, -0.15) is 0 Å². The number of aromatic nitrogens is 4. The minimum Gasteiger partial charge on any atom is -0.311 e. The molecule has 0 radical (unpaired) electrons. The first-order valence-electron chi connectivity index (χ1n) is 6.33. The van der Waals surface area contributed by atoms with Gasteiger partial charge in [0.15, 0.2) is 0 Å². The fourth-order valence-corrected chi connectivity index (χ4v) is 2.12. The van der Waals surface area contributed by atoms with E-state index in [2.05, 4.69) is 27.5 Å². The Kier molecular flexibility index (Phi) is 3.20. The van der Waals surface area contributed by atoms with Gasteiger partial charge in [-0.1, -0.05) is 24.3 Å². The lowest BCUT2D eigenvalue weighted by Crippen LogP contribution is -2.15. The van der Waals surface area contributed by atoms with Gasteiger partial charge < -0.3 is 5.32 Å². The van der Waals surface area contributed by atoms with Crippen LogP contribution in [0.3, 0.4) is 0 Å². The van der Waals surface area contributed by atoms with Crippen LogP contribution in [0.4, 0.5) is 0 Å². The first kappa shape index (κ1) is 11.8. The van der Waals surface area contributed by atoms with Crippen molar-refractivity contribution in [2.45, 2.75) is 13.5 Å². The van der Waals surface area contributed by atoms with Crippen molar-refractivity contribution in [1.82, 2.24) is 25.3 Å².